The number of carbonyl (C=O) groups excluding carboxylic acids is 1. The number of amides is 1. The summed E-state index contributed by atoms with van der Waals surface area (Å²) in [7, 11) is 0. The van der Waals surface area contributed by atoms with Gasteiger partial charge in [-0.05, 0) is 25.0 Å². The lowest BCUT2D eigenvalue weighted by molar-refractivity contribution is 0.0893. The molecule has 1 aromatic carbocycles. The minimum atomic E-state index is -0.304. The molecule has 0 unspecified atom stereocenters. The normalized spacial score (nSPS) is 16.0. The summed E-state index contributed by atoms with van der Waals surface area (Å²) >= 11 is 0. The fourth-order valence-corrected chi connectivity index (χ4v) is 3.66. The number of imidazole rings is 1. The van der Waals surface area contributed by atoms with Crippen molar-refractivity contribution in [3.8, 4) is 22.6 Å². The quantitative estimate of drug-likeness (QED) is 0.727. The van der Waals surface area contributed by atoms with E-state index in [4.69, 9.17) is 4.52 Å². The molecule has 0 saturated heterocycles. The van der Waals surface area contributed by atoms with Crippen LogP contribution in [0.25, 0.3) is 28.7 Å². The predicted octanol–water partition coefficient (Wildman–Crippen LogP) is 2.84. The molecule has 0 bridgehead atoms. The second kappa shape index (κ2) is 6.95. The Morgan fingerprint density at radius 1 is 1.21 bits per heavy atom. The van der Waals surface area contributed by atoms with Crippen LogP contribution in [0.1, 0.15) is 42.2 Å². The van der Waals surface area contributed by atoms with Crippen LogP contribution in [0.2, 0.25) is 0 Å². The third kappa shape index (κ3) is 3.17. The first-order valence-electron chi connectivity index (χ1n) is 9.51. The Morgan fingerprint density at radius 3 is 2.93 bits per heavy atom. The second-order valence-corrected chi connectivity index (χ2v) is 7.08. The van der Waals surface area contributed by atoms with Gasteiger partial charge in [-0.3, -0.25) is 4.79 Å². The van der Waals surface area contributed by atoms with Crippen molar-refractivity contribution in [2.75, 3.05) is 12.0 Å². The fraction of sp³-hybridized carbons (Fsp3) is 0.300. The van der Waals surface area contributed by atoms with E-state index in [1.807, 2.05) is 47.3 Å². The number of aromatic nitrogens is 4. The Balaban J connectivity index is 1.38. The predicted molar refractivity (Wildman–Crippen MR) is 104 cm³/mol. The molecule has 2 aliphatic rings. The van der Waals surface area contributed by atoms with Gasteiger partial charge in [0.2, 0.25) is 5.82 Å². The second-order valence-electron chi connectivity index (χ2n) is 7.08. The van der Waals surface area contributed by atoms with Gasteiger partial charge in [0.1, 0.15) is 0 Å². The van der Waals surface area contributed by atoms with Crippen LogP contribution in [0.15, 0.2) is 41.1 Å². The van der Waals surface area contributed by atoms with Crippen LogP contribution in [0.4, 0.5) is 0 Å². The summed E-state index contributed by atoms with van der Waals surface area (Å²) in [6.45, 7) is 0.775. The molecular weight excluding hydrogens is 356 g/mol. The van der Waals surface area contributed by atoms with Crippen LogP contribution in [0.5, 0.6) is 0 Å². The summed E-state index contributed by atoms with van der Waals surface area (Å²) in [5.41, 5.74) is 5.79. The SMILES string of the molecule is O=C(NC1CCCC1)c1nc(-c2cccc(-c3cn4c(n3)C=CCN4)c2)no1. The van der Waals surface area contributed by atoms with Crippen LogP contribution in [-0.2, 0) is 0 Å². The van der Waals surface area contributed by atoms with Crippen molar-refractivity contribution < 1.29 is 9.32 Å². The maximum absolute atomic E-state index is 12.3. The first-order chi connectivity index (χ1) is 13.8. The van der Waals surface area contributed by atoms with E-state index in [0.717, 1.165) is 54.9 Å². The average Bonchev–Trinajstić information content (AvgIpc) is 3.47. The van der Waals surface area contributed by atoms with E-state index in [-0.39, 0.29) is 17.8 Å². The zero-order valence-electron chi connectivity index (χ0n) is 15.3. The topological polar surface area (TPSA) is 97.9 Å². The molecule has 1 amide bonds. The Hall–Kier alpha value is -3.42. The van der Waals surface area contributed by atoms with Gasteiger partial charge in [-0.1, -0.05) is 42.3 Å². The minimum Gasteiger partial charge on any atom is -0.345 e. The average molecular weight is 376 g/mol. The van der Waals surface area contributed by atoms with Gasteiger partial charge in [-0.2, -0.15) is 4.98 Å². The van der Waals surface area contributed by atoms with Gasteiger partial charge < -0.3 is 15.3 Å². The zero-order valence-corrected chi connectivity index (χ0v) is 15.3. The van der Waals surface area contributed by atoms with Gasteiger partial charge in [-0.15, -0.1) is 0 Å². The fourth-order valence-electron chi connectivity index (χ4n) is 3.66. The van der Waals surface area contributed by atoms with Crippen molar-refractivity contribution >= 4 is 12.0 Å². The van der Waals surface area contributed by atoms with Gasteiger partial charge >= 0.3 is 11.8 Å². The molecule has 8 heteroatoms. The van der Waals surface area contributed by atoms with E-state index in [0.29, 0.717) is 5.82 Å². The molecule has 5 rings (SSSR count). The van der Waals surface area contributed by atoms with Gasteiger partial charge in [0, 0.05) is 23.7 Å². The van der Waals surface area contributed by atoms with E-state index in [1.54, 1.807) is 0 Å². The molecule has 142 valence electrons. The first-order valence-corrected chi connectivity index (χ1v) is 9.51. The zero-order chi connectivity index (χ0) is 18.9. The summed E-state index contributed by atoms with van der Waals surface area (Å²) in [5.74, 6) is 0.943. The number of nitrogens with zero attached hydrogens (tertiary/aromatic N) is 4. The Bertz CT molecular complexity index is 1040. The van der Waals surface area contributed by atoms with Crippen LogP contribution in [0, 0.1) is 0 Å². The number of fused-ring (bicyclic) bond motifs is 1. The molecule has 1 aliphatic heterocycles. The van der Waals surface area contributed by atoms with Crippen LogP contribution in [-0.4, -0.2) is 38.3 Å². The molecule has 0 spiro atoms. The molecule has 3 aromatic rings. The smallest absolute Gasteiger partial charge is 0.316 e. The highest BCUT2D eigenvalue weighted by molar-refractivity contribution is 5.90. The number of benzene rings is 1. The molecular formula is C20H20N6O2. The van der Waals surface area contributed by atoms with Crippen LogP contribution < -0.4 is 10.7 Å². The molecule has 1 aliphatic carbocycles. The third-order valence-electron chi connectivity index (χ3n) is 5.11. The van der Waals surface area contributed by atoms with Gasteiger partial charge in [0.15, 0.2) is 5.82 Å². The van der Waals surface area contributed by atoms with Crippen molar-refractivity contribution in [1.29, 1.82) is 0 Å². The van der Waals surface area contributed by atoms with E-state index in [2.05, 4.69) is 25.9 Å². The summed E-state index contributed by atoms with van der Waals surface area (Å²) in [4.78, 5) is 21.2. The molecule has 3 heterocycles. The number of hydrogen-bond donors (Lipinski definition) is 2. The molecule has 0 atom stereocenters. The molecule has 2 N–H and O–H groups in total. The van der Waals surface area contributed by atoms with Crippen molar-refractivity contribution in [2.45, 2.75) is 31.7 Å². The molecule has 8 nitrogen and oxygen atoms in total. The summed E-state index contributed by atoms with van der Waals surface area (Å²) in [6.07, 6.45) is 10.3. The van der Waals surface area contributed by atoms with Crippen molar-refractivity contribution in [2.24, 2.45) is 0 Å². The molecule has 28 heavy (non-hydrogen) atoms. The lowest BCUT2D eigenvalue weighted by Gasteiger charge is -2.09. The maximum Gasteiger partial charge on any atom is 0.316 e. The largest absolute Gasteiger partial charge is 0.345 e. The molecule has 0 radical (unpaired) electrons. The molecule has 2 aromatic heterocycles. The Kier molecular flexibility index (Phi) is 4.16. The molecule has 1 fully saturated rings. The van der Waals surface area contributed by atoms with Crippen LogP contribution in [0.3, 0.4) is 0 Å². The number of rotatable bonds is 4. The number of nitrogens with one attached hydrogen (secondary N) is 2. The monoisotopic (exact) mass is 376 g/mol. The van der Waals surface area contributed by atoms with Crippen molar-refractivity contribution in [3.63, 3.8) is 0 Å². The Labute approximate surface area is 161 Å². The summed E-state index contributed by atoms with van der Waals surface area (Å²) in [6, 6.07) is 7.94. The number of hydrogen-bond acceptors (Lipinski definition) is 6. The maximum atomic E-state index is 12.3. The highest BCUT2D eigenvalue weighted by atomic mass is 16.5. The number of carbonyl (C=O) groups is 1. The first kappa shape index (κ1) is 16.7. The third-order valence-corrected chi connectivity index (χ3v) is 5.11. The Morgan fingerprint density at radius 2 is 2.07 bits per heavy atom. The highest BCUT2D eigenvalue weighted by Crippen LogP contribution is 2.25. The lowest BCUT2D eigenvalue weighted by atomic mass is 10.1. The standard InChI is InChI=1S/C20H20N6O2/c27-19(22-15-7-1-2-8-15)20-24-18(25-28-20)14-6-3-5-13(11-14)16-12-26-17(23-16)9-4-10-21-26/h3-6,9,11-12,15,21H,1-2,7-8,10H2,(H,22,27). The van der Waals surface area contributed by atoms with Crippen LogP contribution >= 0.6 is 0 Å². The van der Waals surface area contributed by atoms with Gasteiger partial charge in [-0.25, -0.2) is 9.66 Å². The lowest BCUT2D eigenvalue weighted by Crippen LogP contribution is -2.32. The van der Waals surface area contributed by atoms with Gasteiger partial charge in [0.05, 0.1) is 11.9 Å². The van der Waals surface area contributed by atoms with Crippen molar-refractivity contribution in [1.82, 2.24) is 25.1 Å². The molecule has 1 saturated carbocycles. The highest BCUT2D eigenvalue weighted by Gasteiger charge is 2.22. The van der Waals surface area contributed by atoms with E-state index < -0.39 is 0 Å². The van der Waals surface area contributed by atoms with E-state index in [1.165, 1.54) is 0 Å². The van der Waals surface area contributed by atoms with E-state index in [9.17, 15) is 4.79 Å². The van der Waals surface area contributed by atoms with Crippen molar-refractivity contribution in [3.05, 3.63) is 48.3 Å². The minimum absolute atomic E-state index is 0.000837. The summed E-state index contributed by atoms with van der Waals surface area (Å²) < 4.78 is 7.10. The van der Waals surface area contributed by atoms with E-state index >= 15 is 0 Å². The van der Waals surface area contributed by atoms with Gasteiger partial charge in [0.25, 0.3) is 0 Å². The summed E-state index contributed by atoms with van der Waals surface area (Å²) in [5, 5.41) is 6.95.